The van der Waals surface area contributed by atoms with Crippen LogP contribution < -0.4 is 0 Å². The number of hydrogen-bond donors (Lipinski definition) is 1. The molecule has 1 N–H and O–H groups in total. The summed E-state index contributed by atoms with van der Waals surface area (Å²) in [5, 5.41) is 0. The number of ketones is 1. The van der Waals surface area contributed by atoms with Crippen LogP contribution in [0.15, 0.2) is 30.3 Å². The van der Waals surface area contributed by atoms with Gasteiger partial charge in [-0.3, -0.25) is 4.79 Å². The molecule has 0 spiro atoms. The molecule has 0 bridgehead atoms. The molecule has 1 aromatic carbocycles. The third-order valence-electron chi connectivity index (χ3n) is 4.36. The predicted molar refractivity (Wildman–Crippen MR) is 87.8 cm³/mol. The Morgan fingerprint density at radius 2 is 2.00 bits per heavy atom. The molecule has 1 unspecified atom stereocenters. The molecule has 1 aliphatic rings. The van der Waals surface area contributed by atoms with Crippen LogP contribution in [-0.4, -0.2) is 16.8 Å². The van der Waals surface area contributed by atoms with E-state index < -0.39 is 8.03 Å². The van der Waals surface area contributed by atoms with Crippen LogP contribution >= 0.6 is 8.03 Å². The van der Waals surface area contributed by atoms with E-state index in [1.807, 2.05) is 30.3 Å². The van der Waals surface area contributed by atoms with Crippen LogP contribution in [0.2, 0.25) is 0 Å². The minimum atomic E-state index is -2.33. The second-order valence-electron chi connectivity index (χ2n) is 6.10. The van der Waals surface area contributed by atoms with Gasteiger partial charge in [-0.1, -0.05) is 36.5 Å². The summed E-state index contributed by atoms with van der Waals surface area (Å²) < 4.78 is 10.6. The second-order valence-corrected chi connectivity index (χ2v) is 7.12. The lowest BCUT2D eigenvalue weighted by Gasteiger charge is -2.41. The SMILES string of the molecule is O=C(CCCC1(CC#Cc2ccccc2)CCC1)C[P+](=O)O. The predicted octanol–water partition coefficient (Wildman–Crippen LogP) is 4.07. The number of hydrogen-bond acceptors (Lipinski definition) is 2. The molecule has 1 atom stereocenters. The van der Waals surface area contributed by atoms with Crippen LogP contribution in [0.1, 0.15) is 50.5 Å². The molecule has 1 saturated carbocycles. The molecule has 1 aliphatic carbocycles. The maximum Gasteiger partial charge on any atom is 0.513 e. The molecule has 1 fully saturated rings. The zero-order valence-corrected chi connectivity index (χ0v) is 13.6. The monoisotopic (exact) mass is 317 g/mol. The number of benzene rings is 1. The molecule has 0 aliphatic heterocycles. The topological polar surface area (TPSA) is 54.4 Å². The van der Waals surface area contributed by atoms with E-state index in [-0.39, 0.29) is 17.4 Å². The standard InChI is InChI=1S/C18H21O3P/c19-17(15-22(20)21)10-5-12-18(13-6-14-18)11-4-9-16-7-2-1-3-8-16/h1-3,7-8H,5-6,10-15H2/p+1. The van der Waals surface area contributed by atoms with E-state index in [1.165, 1.54) is 19.3 Å². The highest BCUT2D eigenvalue weighted by molar-refractivity contribution is 7.39. The first kappa shape index (κ1) is 16.9. The first-order valence-corrected chi connectivity index (χ1v) is 9.19. The van der Waals surface area contributed by atoms with Crippen molar-refractivity contribution in [3.63, 3.8) is 0 Å². The smallest absolute Gasteiger partial charge is 0.295 e. The minimum Gasteiger partial charge on any atom is -0.295 e. The summed E-state index contributed by atoms with van der Waals surface area (Å²) in [4.78, 5) is 20.2. The third-order valence-corrected chi connectivity index (χ3v) is 4.98. The van der Waals surface area contributed by atoms with E-state index in [0.29, 0.717) is 6.42 Å². The Balaban J connectivity index is 1.79. The summed E-state index contributed by atoms with van der Waals surface area (Å²) >= 11 is 0. The molecule has 0 aromatic heterocycles. The van der Waals surface area contributed by atoms with Crippen molar-refractivity contribution in [2.45, 2.75) is 44.9 Å². The summed E-state index contributed by atoms with van der Waals surface area (Å²) in [6, 6.07) is 9.97. The summed E-state index contributed by atoms with van der Waals surface area (Å²) in [5.74, 6) is 6.39. The van der Waals surface area contributed by atoms with Crippen LogP contribution in [0.5, 0.6) is 0 Å². The van der Waals surface area contributed by atoms with Gasteiger partial charge in [0.05, 0.1) is 0 Å². The highest BCUT2D eigenvalue weighted by Gasteiger charge is 2.35. The number of carbonyl (C=O) groups is 1. The number of rotatable bonds is 7. The first-order valence-electron chi connectivity index (χ1n) is 7.79. The number of carbonyl (C=O) groups excluding carboxylic acids is 1. The first-order chi connectivity index (χ1) is 10.6. The summed E-state index contributed by atoms with van der Waals surface area (Å²) in [6.07, 6.45) is 6.48. The number of Topliss-reactive ketones (excluding diaryl/α,β-unsaturated/α-hetero) is 1. The van der Waals surface area contributed by atoms with Crippen LogP contribution in [0.4, 0.5) is 0 Å². The lowest BCUT2D eigenvalue weighted by atomic mass is 9.64. The van der Waals surface area contributed by atoms with Gasteiger partial charge in [-0.25, -0.2) is 0 Å². The van der Waals surface area contributed by atoms with Crippen molar-refractivity contribution >= 4 is 13.8 Å². The Morgan fingerprint density at radius 1 is 1.27 bits per heavy atom. The fraction of sp³-hybridized carbons (Fsp3) is 0.500. The molecule has 0 amide bonds. The summed E-state index contributed by atoms with van der Waals surface area (Å²) in [6.45, 7) is 0. The Kier molecular flexibility index (Phi) is 6.31. The van der Waals surface area contributed by atoms with E-state index in [9.17, 15) is 9.36 Å². The van der Waals surface area contributed by atoms with Gasteiger partial charge in [0.1, 0.15) is 0 Å². The lowest BCUT2D eigenvalue weighted by Crippen LogP contribution is -2.29. The van der Waals surface area contributed by atoms with Crippen molar-refractivity contribution in [1.82, 2.24) is 0 Å². The van der Waals surface area contributed by atoms with Crippen molar-refractivity contribution < 1.29 is 14.3 Å². The Labute approximate surface area is 133 Å². The largest absolute Gasteiger partial charge is 0.513 e. The molecule has 1 aromatic rings. The average Bonchev–Trinajstić information content (AvgIpc) is 2.44. The highest BCUT2D eigenvalue weighted by Crippen LogP contribution is 2.47. The lowest BCUT2D eigenvalue weighted by molar-refractivity contribution is -0.117. The quantitative estimate of drug-likeness (QED) is 0.609. The summed E-state index contributed by atoms with van der Waals surface area (Å²) in [7, 11) is -2.33. The molecule has 0 saturated heterocycles. The average molecular weight is 317 g/mol. The zero-order valence-electron chi connectivity index (χ0n) is 12.8. The van der Waals surface area contributed by atoms with Crippen molar-refractivity contribution in [2.75, 3.05) is 6.16 Å². The molecular formula is C18H22O3P+. The maximum atomic E-state index is 11.5. The minimum absolute atomic E-state index is 0.103. The van der Waals surface area contributed by atoms with Gasteiger partial charge in [0.15, 0.2) is 5.78 Å². The molecule has 2 rings (SSSR count). The highest BCUT2D eigenvalue weighted by atomic mass is 31.1. The molecule has 0 radical (unpaired) electrons. The van der Waals surface area contributed by atoms with E-state index in [0.717, 1.165) is 24.8 Å². The van der Waals surface area contributed by atoms with Crippen LogP contribution in [0.3, 0.4) is 0 Å². The van der Waals surface area contributed by atoms with Gasteiger partial charge in [-0.2, -0.15) is 4.89 Å². The van der Waals surface area contributed by atoms with Crippen molar-refractivity contribution in [3.05, 3.63) is 35.9 Å². The Morgan fingerprint density at radius 3 is 2.59 bits per heavy atom. The normalized spacial score (nSPS) is 16.1. The molecule has 4 heteroatoms. The van der Waals surface area contributed by atoms with Gasteiger partial charge in [0.25, 0.3) is 0 Å². The van der Waals surface area contributed by atoms with Gasteiger partial charge in [0, 0.05) is 18.4 Å². The molecular weight excluding hydrogens is 295 g/mol. The zero-order chi connectivity index (χ0) is 15.8. The van der Waals surface area contributed by atoms with Crippen molar-refractivity contribution in [2.24, 2.45) is 5.41 Å². The third kappa shape index (κ3) is 5.37. The Hall–Kier alpha value is -1.49. The summed E-state index contributed by atoms with van der Waals surface area (Å²) in [5.41, 5.74) is 1.31. The molecule has 0 heterocycles. The fourth-order valence-corrected chi connectivity index (χ4v) is 3.40. The van der Waals surface area contributed by atoms with E-state index >= 15 is 0 Å². The van der Waals surface area contributed by atoms with Crippen LogP contribution in [-0.2, 0) is 9.36 Å². The van der Waals surface area contributed by atoms with Gasteiger partial charge in [-0.05, 0) is 47.8 Å². The van der Waals surface area contributed by atoms with Crippen LogP contribution in [0, 0.1) is 17.3 Å². The molecule has 116 valence electrons. The van der Waals surface area contributed by atoms with Crippen molar-refractivity contribution in [3.8, 4) is 11.8 Å². The van der Waals surface area contributed by atoms with E-state index in [4.69, 9.17) is 4.89 Å². The van der Waals surface area contributed by atoms with Crippen molar-refractivity contribution in [1.29, 1.82) is 0 Å². The van der Waals surface area contributed by atoms with Crippen LogP contribution in [0.25, 0.3) is 0 Å². The fourth-order valence-electron chi connectivity index (χ4n) is 2.94. The maximum absolute atomic E-state index is 11.5. The van der Waals surface area contributed by atoms with Gasteiger partial charge < -0.3 is 0 Å². The molecule has 3 nitrogen and oxygen atoms in total. The van der Waals surface area contributed by atoms with Gasteiger partial charge in [0.2, 0.25) is 6.16 Å². The van der Waals surface area contributed by atoms with E-state index in [1.54, 1.807) is 0 Å². The second kappa shape index (κ2) is 8.22. The Bertz CT molecular complexity index is 579. The van der Waals surface area contributed by atoms with E-state index in [2.05, 4.69) is 11.8 Å². The molecule has 22 heavy (non-hydrogen) atoms. The van der Waals surface area contributed by atoms with Gasteiger partial charge in [-0.15, -0.1) is 0 Å². The van der Waals surface area contributed by atoms with Gasteiger partial charge >= 0.3 is 8.03 Å².